The smallest absolute Gasteiger partial charge is 0.206 e. The van der Waals surface area contributed by atoms with Crippen molar-refractivity contribution in [2.24, 2.45) is 0 Å². The summed E-state index contributed by atoms with van der Waals surface area (Å²) in [5, 5.41) is 7.35. The van der Waals surface area contributed by atoms with Crippen LogP contribution >= 0.6 is 11.3 Å². The van der Waals surface area contributed by atoms with Crippen LogP contribution in [0.3, 0.4) is 0 Å². The predicted octanol–water partition coefficient (Wildman–Crippen LogP) is 9.53. The van der Waals surface area contributed by atoms with Crippen molar-refractivity contribution < 1.29 is 4.42 Å². The highest BCUT2D eigenvalue weighted by Crippen LogP contribution is 2.47. The second-order valence-electron chi connectivity index (χ2n) is 12.4. The van der Waals surface area contributed by atoms with Crippen molar-refractivity contribution in [2.75, 3.05) is 0 Å². The van der Waals surface area contributed by atoms with Crippen LogP contribution in [0.2, 0.25) is 0 Å². The van der Waals surface area contributed by atoms with Gasteiger partial charge in [-0.3, -0.25) is 0 Å². The van der Waals surface area contributed by atoms with Crippen LogP contribution in [0, 0.1) is 0 Å². The zero-order valence-corrected chi connectivity index (χ0v) is 24.8. The molecule has 0 bridgehead atoms. The van der Waals surface area contributed by atoms with Crippen LogP contribution in [-0.2, 0) is 0 Å². The van der Waals surface area contributed by atoms with Gasteiger partial charge in [-0.25, -0.2) is 0 Å². The van der Waals surface area contributed by atoms with Crippen molar-refractivity contribution in [1.29, 1.82) is 0 Å². The van der Waals surface area contributed by atoms with E-state index in [2.05, 4.69) is 115 Å². The van der Waals surface area contributed by atoms with Crippen LogP contribution in [0.15, 0.2) is 101 Å². The van der Waals surface area contributed by atoms with E-state index in [0.717, 1.165) is 34.0 Å². The Morgan fingerprint density at radius 1 is 0.864 bits per heavy atom. The molecule has 9 aromatic rings. The monoisotopic (exact) mass is 579 g/mol. The predicted molar refractivity (Wildman–Crippen MR) is 188 cm³/mol. The van der Waals surface area contributed by atoms with Crippen LogP contribution < -0.4 is 10.9 Å². The molecule has 3 nitrogen and oxygen atoms in total. The number of rotatable bonds is 1. The molecule has 5 aromatic carbocycles. The summed E-state index contributed by atoms with van der Waals surface area (Å²) in [6.45, 7) is 2.37. The zero-order chi connectivity index (χ0) is 28.7. The molecule has 1 unspecified atom stereocenters. The largest absolute Gasteiger partial charge is 0.440 e. The third-order valence-electron chi connectivity index (χ3n) is 9.97. The molecule has 0 fully saturated rings. The Kier molecular flexibility index (Phi) is 4.34. The molecule has 0 spiro atoms. The molecule has 1 atom stereocenters. The third kappa shape index (κ3) is 2.80. The molecule has 5 heterocycles. The molecular formula is C39H24BN2OS. The minimum absolute atomic E-state index is 0.542. The zero-order valence-electron chi connectivity index (χ0n) is 23.9. The fourth-order valence-electron chi connectivity index (χ4n) is 8.09. The van der Waals surface area contributed by atoms with Gasteiger partial charge in [-0.15, -0.1) is 11.3 Å². The standard InChI is InChI=1S/C39H24BN2OS/c1-20-9-6-15-27-36-38(44-37(20)27)26-16-8-17-28-35(26)42(36)29-19-21-10-2-3-11-22(21)31(33(29)40-28)24-13-7-14-25-32-23-12-4-5-18-30(23)43-39(32)41-34(24)25/h2-8,10-20,41H,9H2,1H3. The van der Waals surface area contributed by atoms with E-state index in [1.165, 1.54) is 75.5 Å². The van der Waals surface area contributed by atoms with Crippen molar-refractivity contribution in [2.45, 2.75) is 19.3 Å². The molecule has 0 saturated heterocycles. The first-order valence-corrected chi connectivity index (χ1v) is 16.2. The maximum atomic E-state index is 6.33. The van der Waals surface area contributed by atoms with Gasteiger partial charge in [-0.1, -0.05) is 103 Å². The van der Waals surface area contributed by atoms with E-state index in [0.29, 0.717) is 5.92 Å². The lowest BCUT2D eigenvalue weighted by Gasteiger charge is -2.26. The molecule has 1 aliphatic heterocycles. The minimum Gasteiger partial charge on any atom is -0.440 e. The van der Waals surface area contributed by atoms with Gasteiger partial charge in [-0.2, -0.15) is 0 Å². The van der Waals surface area contributed by atoms with E-state index >= 15 is 0 Å². The first-order chi connectivity index (χ1) is 21.7. The molecule has 1 radical (unpaired) electrons. The van der Waals surface area contributed by atoms with E-state index < -0.39 is 0 Å². The van der Waals surface area contributed by atoms with Crippen LogP contribution in [-0.4, -0.2) is 16.8 Å². The van der Waals surface area contributed by atoms with E-state index in [1.54, 1.807) is 0 Å². The number of nitrogens with zero attached hydrogens (tertiary/aromatic N) is 1. The van der Waals surface area contributed by atoms with Crippen molar-refractivity contribution in [3.8, 4) is 16.8 Å². The Balaban J connectivity index is 1.30. The minimum atomic E-state index is 0.542. The third-order valence-corrected chi connectivity index (χ3v) is 11.4. The van der Waals surface area contributed by atoms with Gasteiger partial charge in [0.05, 0.1) is 21.1 Å². The maximum Gasteiger partial charge on any atom is 0.206 e. The number of allylic oxidation sites excluding steroid dienone is 1. The van der Waals surface area contributed by atoms with Gasteiger partial charge >= 0.3 is 0 Å². The van der Waals surface area contributed by atoms with Crippen molar-refractivity contribution >= 4 is 100 Å². The van der Waals surface area contributed by atoms with Crippen molar-refractivity contribution in [3.05, 3.63) is 108 Å². The number of thiophene rings is 1. The lowest BCUT2D eigenvalue weighted by Crippen LogP contribution is -2.37. The number of furan rings is 1. The number of fused-ring (bicyclic) bond motifs is 13. The number of benzene rings is 5. The van der Waals surface area contributed by atoms with Gasteiger partial charge in [0, 0.05) is 43.4 Å². The first-order valence-electron chi connectivity index (χ1n) is 15.3. The topological polar surface area (TPSA) is 33.9 Å². The van der Waals surface area contributed by atoms with E-state index in [9.17, 15) is 0 Å². The summed E-state index contributed by atoms with van der Waals surface area (Å²) in [5.41, 5.74) is 13.2. The summed E-state index contributed by atoms with van der Waals surface area (Å²) in [4.78, 5) is 5.23. The lowest BCUT2D eigenvalue weighted by atomic mass is 9.58. The van der Waals surface area contributed by atoms with Crippen LogP contribution in [0.25, 0.3) is 87.8 Å². The number of hydrogen-bond donors (Lipinski definition) is 1. The Morgan fingerprint density at radius 2 is 1.68 bits per heavy atom. The van der Waals surface area contributed by atoms with Gasteiger partial charge in [0.25, 0.3) is 0 Å². The molecule has 1 N–H and O–H groups in total. The van der Waals surface area contributed by atoms with Crippen molar-refractivity contribution in [1.82, 2.24) is 9.55 Å². The highest BCUT2D eigenvalue weighted by Gasteiger charge is 2.31. The van der Waals surface area contributed by atoms with Gasteiger partial charge in [0.15, 0.2) is 7.28 Å². The average Bonchev–Trinajstić information content (AvgIpc) is 3.79. The van der Waals surface area contributed by atoms with Gasteiger partial charge in [0.1, 0.15) is 5.58 Å². The van der Waals surface area contributed by atoms with Crippen molar-refractivity contribution in [3.63, 3.8) is 0 Å². The lowest BCUT2D eigenvalue weighted by molar-refractivity contribution is 0.657. The number of aromatic amines is 1. The molecule has 2 aliphatic rings. The maximum absolute atomic E-state index is 6.33. The molecule has 0 saturated carbocycles. The number of hydrogen-bond acceptors (Lipinski definition) is 2. The van der Waals surface area contributed by atoms with Crippen LogP contribution in [0.4, 0.5) is 0 Å². The molecule has 205 valence electrons. The molecule has 4 aromatic heterocycles. The summed E-state index contributed by atoms with van der Waals surface area (Å²) in [6, 6.07) is 33.1. The first kappa shape index (κ1) is 23.5. The average molecular weight is 580 g/mol. The van der Waals surface area contributed by atoms with E-state index in [1.807, 2.05) is 23.5 Å². The van der Waals surface area contributed by atoms with E-state index in [-0.39, 0.29) is 0 Å². The Bertz CT molecular complexity index is 2750. The van der Waals surface area contributed by atoms with Gasteiger partial charge < -0.3 is 14.0 Å². The Morgan fingerprint density at radius 3 is 2.64 bits per heavy atom. The summed E-state index contributed by atoms with van der Waals surface area (Å²) in [5.74, 6) is 0.542. The molecule has 1 aliphatic carbocycles. The fraction of sp³-hybridized carbons (Fsp3) is 0.0769. The second kappa shape index (κ2) is 8.13. The molecule has 44 heavy (non-hydrogen) atoms. The van der Waals surface area contributed by atoms with Gasteiger partial charge in [-0.05, 0) is 46.3 Å². The molecule has 0 amide bonds. The summed E-state index contributed by atoms with van der Waals surface area (Å²) >= 11 is 1.99. The Labute approximate surface area is 257 Å². The van der Waals surface area contributed by atoms with Crippen LogP contribution in [0.5, 0.6) is 0 Å². The fourth-order valence-corrected chi connectivity index (χ4v) is 9.45. The highest BCUT2D eigenvalue weighted by atomic mass is 32.1. The van der Waals surface area contributed by atoms with Gasteiger partial charge in [0.2, 0.25) is 5.71 Å². The summed E-state index contributed by atoms with van der Waals surface area (Å²) < 4.78 is 10.3. The normalized spacial score (nSPS) is 15.6. The summed E-state index contributed by atoms with van der Waals surface area (Å²) in [6.07, 6.45) is 5.84. The number of nitrogens with one attached hydrogen (secondary N) is 1. The number of para-hydroxylation sites is 3. The van der Waals surface area contributed by atoms with E-state index in [4.69, 9.17) is 4.42 Å². The second-order valence-corrected chi connectivity index (χ2v) is 13.4. The quantitative estimate of drug-likeness (QED) is 0.193. The number of H-pyrrole nitrogens is 1. The highest BCUT2D eigenvalue weighted by molar-refractivity contribution is 7.20. The molecular weight excluding hydrogens is 555 g/mol. The number of aromatic nitrogens is 2. The Hall–Kier alpha value is -5.00. The molecule has 11 rings (SSSR count). The molecule has 5 heteroatoms. The SMILES string of the molecule is CC1CC=Cc2c1sc1c3cccc4c3n(c21)-c1cc2ccccc2c(-c2cccc3c2[nH]c2oc5ccccc5c23)c1[B]4. The summed E-state index contributed by atoms with van der Waals surface area (Å²) in [7, 11) is 2.43. The van der Waals surface area contributed by atoms with Crippen LogP contribution in [0.1, 0.15) is 29.7 Å².